The molecular formula is C23H18O3. The largest absolute Gasteiger partial charge is 0.422 e. The molecule has 1 heterocycles. The van der Waals surface area contributed by atoms with Crippen molar-refractivity contribution in [3.05, 3.63) is 93.3 Å². The Morgan fingerprint density at radius 3 is 2.54 bits per heavy atom. The SMILES string of the molecule is Cc1ccc(C(=O)Cc2cc3c(ccc4ccccc43)oc2=O)c(C)c1. The minimum absolute atomic E-state index is 0.0331. The predicted molar refractivity (Wildman–Crippen MR) is 104 cm³/mol. The third-order valence-electron chi connectivity index (χ3n) is 4.75. The second kappa shape index (κ2) is 6.26. The highest BCUT2D eigenvalue weighted by Crippen LogP contribution is 2.25. The average Bonchev–Trinajstić information content (AvgIpc) is 2.62. The van der Waals surface area contributed by atoms with Gasteiger partial charge >= 0.3 is 5.63 Å². The molecule has 0 unspecified atom stereocenters. The van der Waals surface area contributed by atoms with E-state index in [1.54, 1.807) is 12.1 Å². The Kier molecular flexibility index (Phi) is 3.92. The first-order valence-electron chi connectivity index (χ1n) is 8.58. The lowest BCUT2D eigenvalue weighted by molar-refractivity contribution is 0.0991. The van der Waals surface area contributed by atoms with Gasteiger partial charge in [0.15, 0.2) is 5.78 Å². The highest BCUT2D eigenvalue weighted by Gasteiger charge is 2.15. The molecule has 4 aromatic rings. The van der Waals surface area contributed by atoms with E-state index in [0.717, 1.165) is 27.3 Å². The molecular weight excluding hydrogens is 324 g/mol. The Morgan fingerprint density at radius 2 is 1.73 bits per heavy atom. The number of carbonyl (C=O) groups is 1. The van der Waals surface area contributed by atoms with E-state index in [0.29, 0.717) is 16.7 Å². The fourth-order valence-corrected chi connectivity index (χ4v) is 3.43. The third-order valence-corrected chi connectivity index (χ3v) is 4.75. The van der Waals surface area contributed by atoms with Crippen molar-refractivity contribution in [2.45, 2.75) is 20.3 Å². The second-order valence-electron chi connectivity index (χ2n) is 6.68. The number of ketones is 1. The lowest BCUT2D eigenvalue weighted by Crippen LogP contribution is -2.14. The summed E-state index contributed by atoms with van der Waals surface area (Å²) in [5.41, 5.74) is 3.15. The molecule has 0 N–H and O–H groups in total. The Balaban J connectivity index is 1.81. The highest BCUT2D eigenvalue weighted by atomic mass is 16.4. The molecule has 0 bridgehead atoms. The van der Waals surface area contributed by atoms with E-state index < -0.39 is 5.63 Å². The normalized spacial score (nSPS) is 11.2. The zero-order valence-electron chi connectivity index (χ0n) is 14.7. The molecule has 1 aromatic heterocycles. The molecule has 0 aliphatic carbocycles. The van der Waals surface area contributed by atoms with Gasteiger partial charge in [0.1, 0.15) is 5.58 Å². The number of aryl methyl sites for hydroxylation is 2. The second-order valence-corrected chi connectivity index (χ2v) is 6.68. The first-order chi connectivity index (χ1) is 12.5. The zero-order chi connectivity index (χ0) is 18.3. The molecule has 26 heavy (non-hydrogen) atoms. The monoisotopic (exact) mass is 342 g/mol. The van der Waals surface area contributed by atoms with Crippen LogP contribution in [0.15, 0.2) is 69.9 Å². The summed E-state index contributed by atoms with van der Waals surface area (Å²) in [6, 6.07) is 19.2. The van der Waals surface area contributed by atoms with E-state index in [2.05, 4.69) is 0 Å². The maximum Gasteiger partial charge on any atom is 0.339 e. The Labute approximate surface area is 150 Å². The number of hydrogen-bond donors (Lipinski definition) is 0. The van der Waals surface area contributed by atoms with Gasteiger partial charge < -0.3 is 4.42 Å². The third kappa shape index (κ3) is 2.82. The Bertz CT molecular complexity index is 1220. The van der Waals surface area contributed by atoms with Crippen LogP contribution in [0.4, 0.5) is 0 Å². The van der Waals surface area contributed by atoms with Gasteiger partial charge in [-0.05, 0) is 42.3 Å². The molecule has 0 aliphatic heterocycles. The van der Waals surface area contributed by atoms with Crippen LogP contribution in [0, 0.1) is 13.8 Å². The maximum absolute atomic E-state index is 12.7. The summed E-state index contributed by atoms with van der Waals surface area (Å²) in [5, 5.41) is 2.93. The van der Waals surface area contributed by atoms with Crippen molar-refractivity contribution in [3.8, 4) is 0 Å². The van der Waals surface area contributed by atoms with Crippen molar-refractivity contribution >= 4 is 27.5 Å². The van der Waals surface area contributed by atoms with Crippen LogP contribution in [-0.2, 0) is 6.42 Å². The fraction of sp³-hybridized carbons (Fsp3) is 0.130. The van der Waals surface area contributed by atoms with E-state index in [4.69, 9.17) is 4.42 Å². The van der Waals surface area contributed by atoms with Crippen molar-refractivity contribution in [1.29, 1.82) is 0 Å². The van der Waals surface area contributed by atoms with Gasteiger partial charge in [0, 0.05) is 22.9 Å². The summed E-state index contributed by atoms with van der Waals surface area (Å²) in [6.07, 6.45) is 0.0331. The topological polar surface area (TPSA) is 47.3 Å². The first kappa shape index (κ1) is 16.3. The summed E-state index contributed by atoms with van der Waals surface area (Å²) in [4.78, 5) is 25.1. The molecule has 4 rings (SSSR count). The maximum atomic E-state index is 12.7. The van der Waals surface area contributed by atoms with Crippen molar-refractivity contribution in [2.24, 2.45) is 0 Å². The molecule has 0 saturated carbocycles. The molecule has 3 heteroatoms. The average molecular weight is 342 g/mol. The smallest absolute Gasteiger partial charge is 0.339 e. The van der Waals surface area contributed by atoms with Crippen molar-refractivity contribution in [2.75, 3.05) is 0 Å². The lowest BCUT2D eigenvalue weighted by Gasteiger charge is -2.07. The van der Waals surface area contributed by atoms with E-state index in [-0.39, 0.29) is 12.2 Å². The number of carbonyl (C=O) groups excluding carboxylic acids is 1. The summed E-state index contributed by atoms with van der Waals surface area (Å²) in [7, 11) is 0. The first-order valence-corrected chi connectivity index (χ1v) is 8.58. The van der Waals surface area contributed by atoms with Gasteiger partial charge in [-0.3, -0.25) is 4.79 Å². The molecule has 0 saturated heterocycles. The van der Waals surface area contributed by atoms with Crippen LogP contribution in [-0.4, -0.2) is 5.78 Å². The van der Waals surface area contributed by atoms with Crippen molar-refractivity contribution in [3.63, 3.8) is 0 Å². The van der Waals surface area contributed by atoms with Gasteiger partial charge in [-0.25, -0.2) is 4.79 Å². The molecule has 3 nitrogen and oxygen atoms in total. The summed E-state index contributed by atoms with van der Waals surface area (Å²) in [6.45, 7) is 3.90. The van der Waals surface area contributed by atoms with Crippen molar-refractivity contribution < 1.29 is 9.21 Å². The molecule has 0 radical (unpaired) electrons. The van der Waals surface area contributed by atoms with E-state index in [1.807, 2.05) is 62.4 Å². The van der Waals surface area contributed by atoms with Crippen LogP contribution < -0.4 is 5.63 Å². The quantitative estimate of drug-likeness (QED) is 0.299. The van der Waals surface area contributed by atoms with E-state index in [1.165, 1.54) is 0 Å². The minimum atomic E-state index is -0.453. The van der Waals surface area contributed by atoms with E-state index >= 15 is 0 Å². The Morgan fingerprint density at radius 1 is 0.923 bits per heavy atom. The minimum Gasteiger partial charge on any atom is -0.422 e. The number of fused-ring (bicyclic) bond motifs is 3. The summed E-state index contributed by atoms with van der Waals surface area (Å²) < 4.78 is 5.48. The molecule has 0 spiro atoms. The van der Waals surface area contributed by atoms with Gasteiger partial charge in [-0.2, -0.15) is 0 Å². The molecule has 3 aromatic carbocycles. The summed E-state index contributed by atoms with van der Waals surface area (Å²) >= 11 is 0. The Hall–Kier alpha value is -3.20. The lowest BCUT2D eigenvalue weighted by atomic mass is 9.97. The molecule has 0 fully saturated rings. The highest BCUT2D eigenvalue weighted by molar-refractivity contribution is 6.06. The zero-order valence-corrected chi connectivity index (χ0v) is 14.7. The standard InChI is InChI=1S/C23H18O3/c1-14-7-9-18(15(2)11-14)21(24)13-17-12-20-19-6-4-3-5-16(19)8-10-22(20)26-23(17)25/h3-12H,13H2,1-2H3. The number of hydrogen-bond acceptors (Lipinski definition) is 3. The molecule has 0 aliphatic rings. The van der Waals surface area contributed by atoms with Gasteiger partial charge in [-0.1, -0.05) is 54.1 Å². The summed E-state index contributed by atoms with van der Waals surface area (Å²) in [5.74, 6) is -0.0746. The van der Waals surface area contributed by atoms with Gasteiger partial charge in [0.25, 0.3) is 0 Å². The van der Waals surface area contributed by atoms with Crippen LogP contribution in [0.1, 0.15) is 27.0 Å². The molecule has 128 valence electrons. The van der Waals surface area contributed by atoms with Crippen LogP contribution >= 0.6 is 0 Å². The molecule has 0 atom stereocenters. The van der Waals surface area contributed by atoms with Crippen LogP contribution in [0.25, 0.3) is 21.7 Å². The van der Waals surface area contributed by atoms with Gasteiger partial charge in [0.2, 0.25) is 0 Å². The van der Waals surface area contributed by atoms with Crippen LogP contribution in [0.2, 0.25) is 0 Å². The van der Waals surface area contributed by atoms with Crippen LogP contribution in [0.5, 0.6) is 0 Å². The number of rotatable bonds is 3. The number of benzene rings is 3. The van der Waals surface area contributed by atoms with Crippen molar-refractivity contribution in [1.82, 2.24) is 0 Å². The molecule has 0 amide bonds. The van der Waals surface area contributed by atoms with Crippen LogP contribution in [0.3, 0.4) is 0 Å². The van der Waals surface area contributed by atoms with Gasteiger partial charge in [0.05, 0.1) is 0 Å². The number of Topliss-reactive ketones (excluding diaryl/α,β-unsaturated/α-hetero) is 1. The van der Waals surface area contributed by atoms with Gasteiger partial charge in [-0.15, -0.1) is 0 Å². The van der Waals surface area contributed by atoms with E-state index in [9.17, 15) is 9.59 Å². The predicted octanol–water partition coefficient (Wildman–Crippen LogP) is 4.99. The fourth-order valence-electron chi connectivity index (χ4n) is 3.43.